The number of benzene rings is 1. The highest BCUT2D eigenvalue weighted by atomic mass is 16.5. The number of nitrogens with zero attached hydrogens (tertiary/aromatic N) is 2. The number of ether oxygens (including phenoxy) is 1. The molecule has 1 aromatic carbocycles. The van der Waals surface area contributed by atoms with E-state index in [1.165, 1.54) is 6.08 Å². The van der Waals surface area contributed by atoms with E-state index in [-0.39, 0.29) is 11.8 Å². The van der Waals surface area contributed by atoms with Crippen molar-refractivity contribution < 1.29 is 14.3 Å². The minimum absolute atomic E-state index is 0.107. The minimum atomic E-state index is -0.195. The second-order valence-corrected chi connectivity index (χ2v) is 5.96. The van der Waals surface area contributed by atoms with Gasteiger partial charge in [-0.05, 0) is 30.3 Å². The SMILES string of the molecule is CCN1CCN(C(=O)CCNC(=O)/C=C/c2ccc(OC)cc2)CC1. The topological polar surface area (TPSA) is 61.9 Å². The van der Waals surface area contributed by atoms with Gasteiger partial charge in [0.25, 0.3) is 0 Å². The van der Waals surface area contributed by atoms with Gasteiger partial charge >= 0.3 is 0 Å². The Kier molecular flexibility index (Phi) is 7.47. The summed E-state index contributed by atoms with van der Waals surface area (Å²) in [5, 5.41) is 2.76. The number of hydrogen-bond acceptors (Lipinski definition) is 4. The predicted octanol–water partition coefficient (Wildman–Crippen LogP) is 1.38. The summed E-state index contributed by atoms with van der Waals surface area (Å²) in [5.41, 5.74) is 0.917. The first kappa shape index (κ1) is 19.0. The molecule has 0 atom stereocenters. The van der Waals surface area contributed by atoms with Gasteiger partial charge in [0.05, 0.1) is 7.11 Å². The second kappa shape index (κ2) is 9.84. The number of likely N-dealkylation sites (N-methyl/N-ethyl adjacent to an activating group) is 1. The van der Waals surface area contributed by atoms with E-state index in [9.17, 15) is 9.59 Å². The third-order valence-electron chi connectivity index (χ3n) is 4.35. The Morgan fingerprint density at radius 3 is 2.44 bits per heavy atom. The monoisotopic (exact) mass is 345 g/mol. The highest BCUT2D eigenvalue weighted by molar-refractivity contribution is 5.92. The highest BCUT2D eigenvalue weighted by Crippen LogP contribution is 2.12. The Balaban J connectivity index is 1.67. The first-order chi connectivity index (χ1) is 12.1. The van der Waals surface area contributed by atoms with Crippen LogP contribution in [-0.2, 0) is 9.59 Å². The Hall–Kier alpha value is -2.34. The van der Waals surface area contributed by atoms with Crippen LogP contribution in [0.25, 0.3) is 6.08 Å². The molecule has 1 aliphatic heterocycles. The summed E-state index contributed by atoms with van der Waals surface area (Å²) < 4.78 is 5.09. The number of carbonyl (C=O) groups is 2. The summed E-state index contributed by atoms with van der Waals surface area (Å²) in [4.78, 5) is 28.2. The molecule has 1 heterocycles. The molecule has 25 heavy (non-hydrogen) atoms. The maximum atomic E-state index is 12.1. The lowest BCUT2D eigenvalue weighted by molar-refractivity contribution is -0.132. The number of methoxy groups -OCH3 is 1. The predicted molar refractivity (Wildman–Crippen MR) is 98.3 cm³/mol. The molecule has 0 aliphatic carbocycles. The van der Waals surface area contributed by atoms with Crippen LogP contribution in [0.2, 0.25) is 0 Å². The fourth-order valence-corrected chi connectivity index (χ4v) is 2.71. The Morgan fingerprint density at radius 2 is 1.84 bits per heavy atom. The van der Waals surface area contributed by atoms with Crippen LogP contribution >= 0.6 is 0 Å². The molecule has 0 saturated carbocycles. The number of amides is 2. The van der Waals surface area contributed by atoms with Gasteiger partial charge in [-0.25, -0.2) is 0 Å². The number of rotatable bonds is 7. The number of hydrogen-bond donors (Lipinski definition) is 1. The lowest BCUT2D eigenvalue weighted by Gasteiger charge is -2.34. The van der Waals surface area contributed by atoms with E-state index in [1.54, 1.807) is 13.2 Å². The molecule has 0 aromatic heterocycles. The number of nitrogens with one attached hydrogen (secondary N) is 1. The van der Waals surface area contributed by atoms with Gasteiger partial charge in [-0.2, -0.15) is 0 Å². The van der Waals surface area contributed by atoms with Crippen LogP contribution in [0.4, 0.5) is 0 Å². The van der Waals surface area contributed by atoms with Crippen molar-refractivity contribution in [2.75, 3.05) is 46.4 Å². The van der Waals surface area contributed by atoms with E-state index >= 15 is 0 Å². The lowest BCUT2D eigenvalue weighted by Crippen LogP contribution is -2.48. The van der Waals surface area contributed by atoms with Crippen molar-refractivity contribution in [3.8, 4) is 5.75 Å². The van der Waals surface area contributed by atoms with E-state index in [4.69, 9.17) is 4.74 Å². The van der Waals surface area contributed by atoms with Crippen molar-refractivity contribution in [1.29, 1.82) is 0 Å². The molecule has 1 aromatic rings. The van der Waals surface area contributed by atoms with E-state index in [0.717, 1.165) is 44.0 Å². The molecule has 0 spiro atoms. The number of carbonyl (C=O) groups excluding carboxylic acids is 2. The minimum Gasteiger partial charge on any atom is -0.497 e. The van der Waals surface area contributed by atoms with Crippen LogP contribution in [0.15, 0.2) is 30.3 Å². The Bertz CT molecular complexity index is 590. The third kappa shape index (κ3) is 6.23. The van der Waals surface area contributed by atoms with Crippen LogP contribution in [-0.4, -0.2) is 68.0 Å². The van der Waals surface area contributed by atoms with Crippen molar-refractivity contribution >= 4 is 17.9 Å². The molecule has 136 valence electrons. The molecular weight excluding hydrogens is 318 g/mol. The second-order valence-electron chi connectivity index (χ2n) is 5.96. The van der Waals surface area contributed by atoms with Gasteiger partial charge in [0.2, 0.25) is 11.8 Å². The average Bonchev–Trinajstić information content (AvgIpc) is 2.66. The van der Waals surface area contributed by atoms with Crippen molar-refractivity contribution in [1.82, 2.24) is 15.1 Å². The normalized spacial score (nSPS) is 15.4. The molecule has 6 heteroatoms. The largest absolute Gasteiger partial charge is 0.497 e. The lowest BCUT2D eigenvalue weighted by atomic mass is 10.2. The van der Waals surface area contributed by atoms with E-state index < -0.39 is 0 Å². The van der Waals surface area contributed by atoms with Gasteiger partial charge in [-0.1, -0.05) is 19.1 Å². The summed E-state index contributed by atoms with van der Waals surface area (Å²) in [7, 11) is 1.61. The summed E-state index contributed by atoms with van der Waals surface area (Å²) >= 11 is 0. The van der Waals surface area contributed by atoms with E-state index in [2.05, 4.69) is 17.1 Å². The molecule has 1 aliphatic rings. The molecule has 2 amide bonds. The van der Waals surface area contributed by atoms with Crippen molar-refractivity contribution in [2.24, 2.45) is 0 Å². The third-order valence-corrected chi connectivity index (χ3v) is 4.35. The fraction of sp³-hybridized carbons (Fsp3) is 0.474. The van der Waals surface area contributed by atoms with Crippen molar-refractivity contribution in [3.05, 3.63) is 35.9 Å². The van der Waals surface area contributed by atoms with Crippen LogP contribution in [0.5, 0.6) is 5.75 Å². The Labute approximate surface area is 149 Å². The zero-order valence-electron chi connectivity index (χ0n) is 15.0. The summed E-state index contributed by atoms with van der Waals surface area (Å²) in [6.45, 7) is 6.93. The van der Waals surface area contributed by atoms with E-state index in [0.29, 0.717) is 13.0 Å². The van der Waals surface area contributed by atoms with Gasteiger partial charge in [0, 0.05) is 45.2 Å². The average molecular weight is 345 g/mol. The zero-order chi connectivity index (χ0) is 18.1. The van der Waals surface area contributed by atoms with Gasteiger partial charge < -0.3 is 19.9 Å². The van der Waals surface area contributed by atoms with Crippen LogP contribution in [0, 0.1) is 0 Å². The van der Waals surface area contributed by atoms with E-state index in [1.807, 2.05) is 29.2 Å². The first-order valence-corrected chi connectivity index (χ1v) is 8.72. The Morgan fingerprint density at radius 1 is 1.16 bits per heavy atom. The van der Waals surface area contributed by atoms with Crippen LogP contribution in [0.3, 0.4) is 0 Å². The highest BCUT2D eigenvalue weighted by Gasteiger charge is 2.19. The van der Waals surface area contributed by atoms with Crippen molar-refractivity contribution in [3.63, 3.8) is 0 Å². The summed E-state index contributed by atoms with van der Waals surface area (Å²) in [6, 6.07) is 7.44. The maximum Gasteiger partial charge on any atom is 0.244 e. The quantitative estimate of drug-likeness (QED) is 0.759. The summed E-state index contributed by atoms with van der Waals surface area (Å²) in [6.07, 6.45) is 3.56. The van der Waals surface area contributed by atoms with Crippen LogP contribution in [0.1, 0.15) is 18.9 Å². The molecule has 0 unspecified atom stereocenters. The molecule has 6 nitrogen and oxygen atoms in total. The van der Waals surface area contributed by atoms with Crippen LogP contribution < -0.4 is 10.1 Å². The molecule has 1 N–H and O–H groups in total. The molecule has 0 bridgehead atoms. The fourth-order valence-electron chi connectivity index (χ4n) is 2.71. The van der Waals surface area contributed by atoms with Crippen molar-refractivity contribution in [2.45, 2.75) is 13.3 Å². The smallest absolute Gasteiger partial charge is 0.244 e. The van der Waals surface area contributed by atoms with Gasteiger partial charge in [-0.15, -0.1) is 0 Å². The summed E-state index contributed by atoms with van der Waals surface area (Å²) in [5.74, 6) is 0.689. The zero-order valence-corrected chi connectivity index (χ0v) is 15.0. The molecular formula is C19H27N3O3. The van der Waals surface area contributed by atoms with Gasteiger partial charge in [0.15, 0.2) is 0 Å². The van der Waals surface area contributed by atoms with Gasteiger partial charge in [0.1, 0.15) is 5.75 Å². The molecule has 2 rings (SSSR count). The molecule has 0 radical (unpaired) electrons. The van der Waals surface area contributed by atoms with Gasteiger partial charge in [-0.3, -0.25) is 9.59 Å². The molecule has 1 fully saturated rings. The number of piperazine rings is 1. The first-order valence-electron chi connectivity index (χ1n) is 8.72. The maximum absolute atomic E-state index is 12.1. The standard InChI is InChI=1S/C19H27N3O3/c1-3-21-12-14-22(15-13-21)19(24)10-11-20-18(23)9-6-16-4-7-17(25-2)8-5-16/h4-9H,3,10-15H2,1-2H3,(H,20,23)/b9-6+. The molecule has 1 saturated heterocycles.